The molecule has 1 atom stereocenters. The molecule has 0 spiro atoms. The maximum Gasteiger partial charge on any atom is 0.0897 e. The van der Waals surface area contributed by atoms with E-state index in [-0.39, 0.29) is 12.7 Å². The summed E-state index contributed by atoms with van der Waals surface area (Å²) in [5.74, 6) is 0. The SMILES string of the molecule is CCC(O)(CC)CNCC(O)COCCOC(C)C. The Morgan fingerprint density at radius 3 is 2.32 bits per heavy atom. The summed E-state index contributed by atoms with van der Waals surface area (Å²) in [6.07, 6.45) is 1.05. The van der Waals surface area contributed by atoms with Gasteiger partial charge in [0, 0.05) is 13.1 Å². The van der Waals surface area contributed by atoms with Gasteiger partial charge in [-0.25, -0.2) is 0 Å². The van der Waals surface area contributed by atoms with Crippen LogP contribution in [-0.2, 0) is 9.47 Å². The average Bonchev–Trinajstić information content (AvgIpc) is 2.37. The zero-order chi connectivity index (χ0) is 14.7. The third-order valence-corrected chi connectivity index (χ3v) is 3.14. The normalized spacial score (nSPS) is 14.1. The third kappa shape index (κ3) is 10.3. The lowest BCUT2D eigenvalue weighted by atomic mass is 9.97. The van der Waals surface area contributed by atoms with Crippen LogP contribution in [0.5, 0.6) is 0 Å². The van der Waals surface area contributed by atoms with Gasteiger partial charge in [-0.05, 0) is 26.7 Å². The first-order valence-electron chi connectivity index (χ1n) is 7.24. The summed E-state index contributed by atoms with van der Waals surface area (Å²) in [6, 6.07) is 0. The van der Waals surface area contributed by atoms with Gasteiger partial charge in [-0.2, -0.15) is 0 Å². The van der Waals surface area contributed by atoms with Gasteiger partial charge in [0.25, 0.3) is 0 Å². The number of aliphatic hydroxyl groups excluding tert-OH is 1. The zero-order valence-corrected chi connectivity index (χ0v) is 12.8. The Labute approximate surface area is 117 Å². The van der Waals surface area contributed by atoms with E-state index in [0.717, 1.165) is 0 Å². The molecule has 0 aromatic heterocycles. The van der Waals surface area contributed by atoms with Crippen LogP contribution < -0.4 is 5.32 Å². The van der Waals surface area contributed by atoms with Gasteiger partial charge in [-0.1, -0.05) is 13.8 Å². The van der Waals surface area contributed by atoms with Gasteiger partial charge < -0.3 is 25.0 Å². The summed E-state index contributed by atoms with van der Waals surface area (Å²) in [5, 5.41) is 22.8. The van der Waals surface area contributed by atoms with Gasteiger partial charge in [0.1, 0.15) is 0 Å². The first kappa shape index (κ1) is 18.8. The van der Waals surface area contributed by atoms with E-state index in [2.05, 4.69) is 5.32 Å². The van der Waals surface area contributed by atoms with Crippen molar-refractivity contribution in [3.05, 3.63) is 0 Å². The van der Waals surface area contributed by atoms with Crippen LogP contribution >= 0.6 is 0 Å². The molecule has 0 aromatic carbocycles. The monoisotopic (exact) mass is 277 g/mol. The molecule has 0 fully saturated rings. The highest BCUT2D eigenvalue weighted by molar-refractivity contribution is 4.78. The molecule has 0 heterocycles. The van der Waals surface area contributed by atoms with Crippen molar-refractivity contribution in [3.63, 3.8) is 0 Å². The summed E-state index contributed by atoms with van der Waals surface area (Å²) < 4.78 is 10.6. The Hall–Kier alpha value is -0.200. The number of ether oxygens (including phenoxy) is 2. The van der Waals surface area contributed by atoms with E-state index < -0.39 is 11.7 Å². The molecule has 3 N–H and O–H groups in total. The fraction of sp³-hybridized carbons (Fsp3) is 1.00. The molecular weight excluding hydrogens is 246 g/mol. The molecule has 116 valence electrons. The lowest BCUT2D eigenvalue weighted by Gasteiger charge is -2.26. The Morgan fingerprint density at radius 1 is 1.16 bits per heavy atom. The fourth-order valence-electron chi connectivity index (χ4n) is 1.59. The molecule has 0 radical (unpaired) electrons. The van der Waals surface area contributed by atoms with E-state index in [1.54, 1.807) is 0 Å². The van der Waals surface area contributed by atoms with Gasteiger partial charge in [0.2, 0.25) is 0 Å². The lowest BCUT2D eigenvalue weighted by molar-refractivity contribution is -0.0130. The van der Waals surface area contributed by atoms with E-state index in [4.69, 9.17) is 9.47 Å². The van der Waals surface area contributed by atoms with Crippen molar-refractivity contribution in [2.24, 2.45) is 0 Å². The van der Waals surface area contributed by atoms with Crippen molar-refractivity contribution in [2.45, 2.75) is 58.3 Å². The number of rotatable bonds is 12. The predicted molar refractivity (Wildman–Crippen MR) is 76.3 cm³/mol. The molecule has 0 saturated carbocycles. The van der Waals surface area contributed by atoms with Crippen molar-refractivity contribution in [1.82, 2.24) is 5.32 Å². The van der Waals surface area contributed by atoms with E-state index in [0.29, 0.717) is 39.1 Å². The van der Waals surface area contributed by atoms with Crippen LogP contribution in [0, 0.1) is 0 Å². The lowest BCUT2D eigenvalue weighted by Crippen LogP contribution is -2.42. The van der Waals surface area contributed by atoms with Gasteiger partial charge in [-0.3, -0.25) is 0 Å². The number of hydrogen-bond donors (Lipinski definition) is 3. The minimum absolute atomic E-state index is 0.205. The molecule has 0 aliphatic carbocycles. The second-order valence-corrected chi connectivity index (χ2v) is 5.21. The van der Waals surface area contributed by atoms with E-state index in [9.17, 15) is 10.2 Å². The van der Waals surface area contributed by atoms with Crippen LogP contribution in [0.3, 0.4) is 0 Å². The molecule has 5 heteroatoms. The Morgan fingerprint density at radius 2 is 1.79 bits per heavy atom. The topological polar surface area (TPSA) is 71.0 Å². The molecule has 0 aromatic rings. The third-order valence-electron chi connectivity index (χ3n) is 3.14. The molecular formula is C14H31NO4. The van der Waals surface area contributed by atoms with Crippen LogP contribution in [0.15, 0.2) is 0 Å². The molecule has 0 aliphatic rings. The number of hydrogen-bond acceptors (Lipinski definition) is 5. The molecule has 0 bridgehead atoms. The van der Waals surface area contributed by atoms with Crippen molar-refractivity contribution >= 4 is 0 Å². The molecule has 19 heavy (non-hydrogen) atoms. The molecule has 0 rings (SSSR count). The minimum atomic E-state index is -0.675. The summed E-state index contributed by atoms with van der Waals surface area (Å²) in [4.78, 5) is 0. The van der Waals surface area contributed by atoms with Gasteiger partial charge in [0.05, 0.1) is 37.6 Å². The van der Waals surface area contributed by atoms with Crippen LogP contribution in [-0.4, -0.2) is 60.9 Å². The largest absolute Gasteiger partial charge is 0.389 e. The van der Waals surface area contributed by atoms with Crippen molar-refractivity contribution in [2.75, 3.05) is 32.9 Å². The van der Waals surface area contributed by atoms with Crippen LogP contribution in [0.1, 0.15) is 40.5 Å². The zero-order valence-electron chi connectivity index (χ0n) is 12.8. The second-order valence-electron chi connectivity index (χ2n) is 5.21. The molecule has 0 aliphatic heterocycles. The number of nitrogens with one attached hydrogen (secondary N) is 1. The predicted octanol–water partition coefficient (Wildman–Crippen LogP) is 0.930. The summed E-state index contributed by atoms with van der Waals surface area (Å²) in [7, 11) is 0. The maximum absolute atomic E-state index is 10.0. The van der Waals surface area contributed by atoms with Crippen molar-refractivity contribution < 1.29 is 19.7 Å². The Balaban J connectivity index is 3.51. The second kappa shape index (κ2) is 10.6. The standard InChI is InChI=1S/C14H31NO4/c1-5-14(17,6-2)11-15-9-13(16)10-18-7-8-19-12(3)4/h12-13,15-17H,5-11H2,1-4H3. The van der Waals surface area contributed by atoms with Crippen LogP contribution in [0.25, 0.3) is 0 Å². The van der Waals surface area contributed by atoms with Crippen LogP contribution in [0.4, 0.5) is 0 Å². The first-order valence-corrected chi connectivity index (χ1v) is 7.24. The maximum atomic E-state index is 10.0. The molecule has 5 nitrogen and oxygen atoms in total. The van der Waals surface area contributed by atoms with Gasteiger partial charge >= 0.3 is 0 Å². The highest BCUT2D eigenvalue weighted by atomic mass is 16.5. The first-order chi connectivity index (χ1) is 8.93. The summed E-state index contributed by atoms with van der Waals surface area (Å²) in [5.41, 5.74) is -0.675. The highest BCUT2D eigenvalue weighted by Crippen LogP contribution is 2.12. The van der Waals surface area contributed by atoms with Crippen LogP contribution in [0.2, 0.25) is 0 Å². The molecule has 1 unspecified atom stereocenters. The summed E-state index contributed by atoms with van der Waals surface area (Å²) in [6.45, 7) is 10.1. The summed E-state index contributed by atoms with van der Waals surface area (Å²) >= 11 is 0. The van der Waals surface area contributed by atoms with E-state index in [1.165, 1.54) is 0 Å². The minimum Gasteiger partial charge on any atom is -0.389 e. The molecule has 0 saturated heterocycles. The van der Waals surface area contributed by atoms with E-state index in [1.807, 2.05) is 27.7 Å². The Kier molecular flexibility index (Phi) is 10.5. The number of aliphatic hydroxyl groups is 2. The highest BCUT2D eigenvalue weighted by Gasteiger charge is 2.21. The molecule has 0 amide bonds. The van der Waals surface area contributed by atoms with Crippen molar-refractivity contribution in [3.8, 4) is 0 Å². The van der Waals surface area contributed by atoms with E-state index >= 15 is 0 Å². The fourth-order valence-corrected chi connectivity index (χ4v) is 1.59. The smallest absolute Gasteiger partial charge is 0.0897 e. The van der Waals surface area contributed by atoms with Crippen molar-refractivity contribution in [1.29, 1.82) is 0 Å². The van der Waals surface area contributed by atoms with Gasteiger partial charge in [0.15, 0.2) is 0 Å². The quantitative estimate of drug-likeness (QED) is 0.463. The Bertz CT molecular complexity index is 208. The van der Waals surface area contributed by atoms with Gasteiger partial charge in [-0.15, -0.1) is 0 Å². The average molecular weight is 277 g/mol.